The lowest BCUT2D eigenvalue weighted by Crippen LogP contribution is -2.41. The Hall–Kier alpha value is -3.01. The lowest BCUT2D eigenvalue weighted by atomic mass is 9.89. The monoisotopic (exact) mass is 361 g/mol. The average Bonchev–Trinajstić information content (AvgIpc) is 2.66. The Kier molecular flexibility index (Phi) is 4.27. The van der Waals surface area contributed by atoms with Crippen molar-refractivity contribution in [3.05, 3.63) is 71.8 Å². The number of ether oxygens (including phenoxy) is 2. The molecule has 0 saturated carbocycles. The van der Waals surface area contributed by atoms with E-state index in [1.165, 1.54) is 0 Å². The summed E-state index contributed by atoms with van der Waals surface area (Å²) >= 11 is 0. The maximum atomic E-state index is 13.1. The number of amides is 1. The number of hydrogen-bond acceptors (Lipinski definition) is 3. The largest absolute Gasteiger partial charge is 0.496 e. The molecule has 138 valence electrons. The van der Waals surface area contributed by atoms with Crippen LogP contribution in [0.2, 0.25) is 0 Å². The zero-order valence-corrected chi connectivity index (χ0v) is 15.8. The van der Waals surface area contributed by atoms with E-state index in [9.17, 15) is 4.79 Å². The summed E-state index contributed by atoms with van der Waals surface area (Å²) in [5, 5.41) is 5.24. The minimum Gasteiger partial charge on any atom is -0.496 e. The van der Waals surface area contributed by atoms with Crippen molar-refractivity contribution >= 4 is 16.7 Å². The highest BCUT2D eigenvalue weighted by atomic mass is 16.5. The van der Waals surface area contributed by atoms with Gasteiger partial charge in [-0.25, -0.2) is 0 Å². The molecule has 1 aliphatic heterocycles. The number of benzene rings is 3. The molecule has 1 amide bonds. The van der Waals surface area contributed by atoms with Crippen molar-refractivity contribution < 1.29 is 14.3 Å². The Balaban J connectivity index is 1.69. The van der Waals surface area contributed by atoms with Crippen LogP contribution in [0.15, 0.2) is 60.7 Å². The molecule has 0 spiro atoms. The van der Waals surface area contributed by atoms with Crippen LogP contribution in [0.5, 0.6) is 11.5 Å². The molecule has 4 heteroatoms. The smallest absolute Gasteiger partial charge is 0.255 e. The van der Waals surface area contributed by atoms with E-state index >= 15 is 0 Å². The predicted octanol–water partition coefficient (Wildman–Crippen LogP) is 4.88. The average molecular weight is 361 g/mol. The molecule has 0 aliphatic carbocycles. The molecule has 1 unspecified atom stereocenters. The predicted molar refractivity (Wildman–Crippen MR) is 106 cm³/mol. The molecule has 27 heavy (non-hydrogen) atoms. The molecule has 0 aromatic heterocycles. The molecule has 1 atom stereocenters. The Labute approximate surface area is 159 Å². The first-order valence-electron chi connectivity index (χ1n) is 9.12. The second kappa shape index (κ2) is 6.62. The van der Waals surface area contributed by atoms with Crippen molar-refractivity contribution in [1.29, 1.82) is 0 Å². The Bertz CT molecular complexity index is 1010. The summed E-state index contributed by atoms with van der Waals surface area (Å²) in [6.45, 7) is 4.08. The molecule has 0 saturated heterocycles. The molecule has 4 rings (SSSR count). The van der Waals surface area contributed by atoms with Crippen molar-refractivity contribution in [2.75, 3.05) is 7.11 Å². The summed E-state index contributed by atoms with van der Waals surface area (Å²) in [4.78, 5) is 13.1. The van der Waals surface area contributed by atoms with E-state index in [0.29, 0.717) is 17.7 Å². The van der Waals surface area contributed by atoms with Gasteiger partial charge >= 0.3 is 0 Å². The van der Waals surface area contributed by atoms with Gasteiger partial charge in [-0.3, -0.25) is 4.79 Å². The molecule has 3 aromatic rings. The summed E-state index contributed by atoms with van der Waals surface area (Å²) < 4.78 is 11.6. The summed E-state index contributed by atoms with van der Waals surface area (Å²) in [6, 6.07) is 19.5. The normalized spacial score (nSPS) is 17.7. The van der Waals surface area contributed by atoms with Gasteiger partial charge in [-0.2, -0.15) is 0 Å². The van der Waals surface area contributed by atoms with Crippen molar-refractivity contribution in [1.82, 2.24) is 5.32 Å². The summed E-state index contributed by atoms with van der Waals surface area (Å²) in [5.74, 6) is 1.26. The van der Waals surface area contributed by atoms with E-state index in [1.807, 2.05) is 74.5 Å². The second-order valence-corrected chi connectivity index (χ2v) is 7.53. The number of methoxy groups -OCH3 is 1. The molecule has 0 fully saturated rings. The highest BCUT2D eigenvalue weighted by molar-refractivity contribution is 6.01. The van der Waals surface area contributed by atoms with Crippen LogP contribution in [0.25, 0.3) is 10.8 Å². The van der Waals surface area contributed by atoms with E-state index in [-0.39, 0.29) is 17.6 Å². The highest BCUT2D eigenvalue weighted by Crippen LogP contribution is 2.39. The minimum absolute atomic E-state index is 0.117. The van der Waals surface area contributed by atoms with Crippen molar-refractivity contribution in [3.63, 3.8) is 0 Å². The highest BCUT2D eigenvalue weighted by Gasteiger charge is 2.34. The first kappa shape index (κ1) is 17.4. The van der Waals surface area contributed by atoms with Gasteiger partial charge in [-0.15, -0.1) is 0 Å². The van der Waals surface area contributed by atoms with Gasteiger partial charge in [0.1, 0.15) is 17.1 Å². The van der Waals surface area contributed by atoms with Crippen LogP contribution in [-0.4, -0.2) is 18.6 Å². The zero-order chi connectivity index (χ0) is 19.0. The fourth-order valence-corrected chi connectivity index (χ4v) is 3.73. The topological polar surface area (TPSA) is 47.6 Å². The van der Waals surface area contributed by atoms with Crippen LogP contribution in [0.3, 0.4) is 0 Å². The second-order valence-electron chi connectivity index (χ2n) is 7.53. The van der Waals surface area contributed by atoms with E-state index in [1.54, 1.807) is 7.11 Å². The lowest BCUT2D eigenvalue weighted by Gasteiger charge is -2.37. The van der Waals surface area contributed by atoms with Crippen LogP contribution < -0.4 is 14.8 Å². The van der Waals surface area contributed by atoms with Crippen LogP contribution in [0.1, 0.15) is 42.2 Å². The Morgan fingerprint density at radius 1 is 1.07 bits per heavy atom. The zero-order valence-electron chi connectivity index (χ0n) is 15.8. The van der Waals surface area contributed by atoms with E-state index < -0.39 is 0 Å². The molecule has 1 aliphatic rings. The lowest BCUT2D eigenvalue weighted by molar-refractivity contribution is 0.0619. The molecular weight excluding hydrogens is 338 g/mol. The van der Waals surface area contributed by atoms with Gasteiger partial charge in [-0.1, -0.05) is 42.5 Å². The molecule has 3 aromatic carbocycles. The molecule has 1 N–H and O–H groups in total. The van der Waals surface area contributed by atoms with Crippen molar-refractivity contribution in [2.24, 2.45) is 0 Å². The first-order chi connectivity index (χ1) is 13.0. The number of carbonyl (C=O) groups excluding carboxylic acids is 1. The fraction of sp³-hybridized carbons (Fsp3) is 0.261. The first-order valence-corrected chi connectivity index (χ1v) is 9.12. The van der Waals surface area contributed by atoms with Crippen LogP contribution in [-0.2, 0) is 0 Å². The van der Waals surface area contributed by atoms with Crippen LogP contribution >= 0.6 is 0 Å². The summed E-state index contributed by atoms with van der Waals surface area (Å²) in [7, 11) is 1.59. The fourth-order valence-electron chi connectivity index (χ4n) is 3.73. The number of hydrogen-bond donors (Lipinski definition) is 1. The van der Waals surface area contributed by atoms with Gasteiger partial charge in [0.05, 0.1) is 18.7 Å². The van der Waals surface area contributed by atoms with Gasteiger partial charge in [0.15, 0.2) is 0 Å². The SMILES string of the molecule is COc1cc2ccccc2cc1C(=O)NC1CC(C)(C)Oc2ccccc21. The summed E-state index contributed by atoms with van der Waals surface area (Å²) in [6.07, 6.45) is 0.700. The molecule has 4 nitrogen and oxygen atoms in total. The molecule has 0 bridgehead atoms. The molecule has 1 heterocycles. The van der Waals surface area contributed by atoms with Crippen molar-refractivity contribution in [2.45, 2.75) is 31.9 Å². The quantitative estimate of drug-likeness (QED) is 0.723. The standard InChI is InChI=1S/C23H23NO3/c1-23(2)14-19(17-10-6-7-11-20(17)27-23)24-22(25)18-12-15-8-4-5-9-16(15)13-21(18)26-3/h4-13,19H,14H2,1-3H3,(H,24,25). The number of nitrogens with one attached hydrogen (secondary N) is 1. The minimum atomic E-state index is -0.347. The molecular formula is C23H23NO3. The number of fused-ring (bicyclic) bond motifs is 2. The van der Waals surface area contributed by atoms with E-state index in [2.05, 4.69) is 5.32 Å². The van der Waals surface area contributed by atoms with Crippen molar-refractivity contribution in [3.8, 4) is 11.5 Å². The van der Waals surface area contributed by atoms with Crippen LogP contribution in [0, 0.1) is 0 Å². The number of para-hydroxylation sites is 1. The third-order valence-electron chi connectivity index (χ3n) is 4.99. The third kappa shape index (κ3) is 3.35. The third-order valence-corrected chi connectivity index (χ3v) is 4.99. The Morgan fingerprint density at radius 2 is 1.74 bits per heavy atom. The number of rotatable bonds is 3. The molecule has 0 radical (unpaired) electrons. The summed E-state index contributed by atoms with van der Waals surface area (Å²) in [5.41, 5.74) is 1.20. The van der Waals surface area contributed by atoms with Gasteiger partial charge in [0.2, 0.25) is 0 Å². The number of carbonyl (C=O) groups is 1. The van der Waals surface area contributed by atoms with Crippen LogP contribution in [0.4, 0.5) is 0 Å². The van der Waals surface area contributed by atoms with Gasteiger partial charge in [-0.05, 0) is 42.8 Å². The van der Waals surface area contributed by atoms with E-state index in [0.717, 1.165) is 22.1 Å². The van der Waals surface area contributed by atoms with Gasteiger partial charge in [0, 0.05) is 12.0 Å². The Morgan fingerprint density at radius 3 is 2.48 bits per heavy atom. The maximum Gasteiger partial charge on any atom is 0.255 e. The van der Waals surface area contributed by atoms with E-state index in [4.69, 9.17) is 9.47 Å². The van der Waals surface area contributed by atoms with Gasteiger partial charge < -0.3 is 14.8 Å². The maximum absolute atomic E-state index is 13.1. The van der Waals surface area contributed by atoms with Gasteiger partial charge in [0.25, 0.3) is 5.91 Å².